The van der Waals surface area contributed by atoms with Gasteiger partial charge in [-0.15, -0.1) is 0 Å². The first kappa shape index (κ1) is 14.0. The summed E-state index contributed by atoms with van der Waals surface area (Å²) < 4.78 is 0. The summed E-state index contributed by atoms with van der Waals surface area (Å²) in [5.74, 6) is 0.230. The largest absolute Gasteiger partial charge is 0.354 e. The molecule has 1 rings (SSSR count). The van der Waals surface area contributed by atoms with Crippen LogP contribution in [0.4, 0.5) is 0 Å². The molecule has 1 aliphatic carbocycles. The first-order valence-corrected chi connectivity index (χ1v) is 6.37. The van der Waals surface area contributed by atoms with Gasteiger partial charge in [-0.25, -0.2) is 0 Å². The lowest BCUT2D eigenvalue weighted by atomic mass is 10.1. The summed E-state index contributed by atoms with van der Waals surface area (Å²) in [5, 5.41) is 5.41. The molecular formula is C12H23N3O2. The predicted molar refractivity (Wildman–Crippen MR) is 66.2 cm³/mol. The summed E-state index contributed by atoms with van der Waals surface area (Å²) in [6, 6.07) is -0.540. The molecule has 1 aliphatic rings. The monoisotopic (exact) mass is 241 g/mol. The van der Waals surface area contributed by atoms with Crippen LogP contribution in [0, 0.1) is 5.92 Å². The van der Waals surface area contributed by atoms with Gasteiger partial charge < -0.3 is 16.4 Å². The summed E-state index contributed by atoms with van der Waals surface area (Å²) in [6.45, 7) is 4.31. The van der Waals surface area contributed by atoms with E-state index in [1.54, 1.807) is 6.92 Å². The number of amides is 2. The summed E-state index contributed by atoms with van der Waals surface area (Å²) >= 11 is 0. The molecule has 2 unspecified atom stereocenters. The van der Waals surface area contributed by atoms with E-state index in [0.717, 1.165) is 19.3 Å². The van der Waals surface area contributed by atoms with Crippen LogP contribution in [0.25, 0.3) is 0 Å². The van der Waals surface area contributed by atoms with E-state index in [-0.39, 0.29) is 17.9 Å². The van der Waals surface area contributed by atoms with Crippen molar-refractivity contribution in [3.05, 3.63) is 0 Å². The molecule has 0 aromatic rings. The third-order valence-corrected chi connectivity index (χ3v) is 2.97. The Bertz CT molecular complexity index is 277. The Morgan fingerprint density at radius 1 is 1.41 bits per heavy atom. The molecule has 17 heavy (non-hydrogen) atoms. The van der Waals surface area contributed by atoms with Gasteiger partial charge in [-0.05, 0) is 32.1 Å². The lowest BCUT2D eigenvalue weighted by Gasteiger charge is -2.15. The van der Waals surface area contributed by atoms with E-state index in [0.29, 0.717) is 18.9 Å². The Morgan fingerprint density at radius 2 is 2.06 bits per heavy atom. The lowest BCUT2D eigenvalue weighted by molar-refractivity contribution is -0.128. The van der Waals surface area contributed by atoms with Crippen LogP contribution in [0.15, 0.2) is 0 Å². The molecule has 1 saturated carbocycles. The van der Waals surface area contributed by atoms with E-state index in [2.05, 4.69) is 10.6 Å². The van der Waals surface area contributed by atoms with Crippen LogP contribution < -0.4 is 16.4 Å². The average Bonchev–Trinajstić information content (AvgIpc) is 3.08. The van der Waals surface area contributed by atoms with Crippen LogP contribution in [0.3, 0.4) is 0 Å². The molecule has 0 aromatic heterocycles. The summed E-state index contributed by atoms with van der Waals surface area (Å²) in [6.07, 6.45) is 3.46. The standard InChI is InChI=1S/C12H23N3O2/c1-3-6-14-12(17)8(2)15-11(16)7-10(13)9-4-5-9/h8-10H,3-7,13H2,1-2H3,(H,14,17)(H,15,16). The molecule has 0 aromatic carbocycles. The van der Waals surface area contributed by atoms with Crippen molar-refractivity contribution >= 4 is 11.8 Å². The molecule has 1 fully saturated rings. The topological polar surface area (TPSA) is 84.2 Å². The van der Waals surface area contributed by atoms with Gasteiger partial charge in [0.05, 0.1) is 0 Å². The number of nitrogens with two attached hydrogens (primary N) is 1. The van der Waals surface area contributed by atoms with E-state index in [4.69, 9.17) is 5.73 Å². The van der Waals surface area contributed by atoms with Gasteiger partial charge >= 0.3 is 0 Å². The summed E-state index contributed by atoms with van der Waals surface area (Å²) in [4.78, 5) is 23.1. The Hall–Kier alpha value is -1.10. The Balaban J connectivity index is 2.21. The number of hydrogen-bond acceptors (Lipinski definition) is 3. The Morgan fingerprint density at radius 3 is 2.59 bits per heavy atom. The fraction of sp³-hybridized carbons (Fsp3) is 0.833. The van der Waals surface area contributed by atoms with Crippen LogP contribution >= 0.6 is 0 Å². The number of carbonyl (C=O) groups is 2. The molecular weight excluding hydrogens is 218 g/mol. The maximum absolute atomic E-state index is 11.6. The van der Waals surface area contributed by atoms with E-state index in [9.17, 15) is 9.59 Å². The van der Waals surface area contributed by atoms with Crippen molar-refractivity contribution in [2.45, 2.75) is 51.6 Å². The highest BCUT2D eigenvalue weighted by Crippen LogP contribution is 2.32. The Kier molecular flexibility index (Phi) is 5.41. The third kappa shape index (κ3) is 5.17. The zero-order chi connectivity index (χ0) is 12.8. The normalized spacial score (nSPS) is 18.3. The van der Waals surface area contributed by atoms with E-state index in [1.165, 1.54) is 0 Å². The Labute approximate surface area is 103 Å². The highest BCUT2D eigenvalue weighted by Gasteiger charge is 2.30. The van der Waals surface area contributed by atoms with Gasteiger partial charge in [-0.2, -0.15) is 0 Å². The first-order chi connectivity index (χ1) is 8.04. The molecule has 0 spiro atoms. The number of hydrogen-bond donors (Lipinski definition) is 3. The van der Waals surface area contributed by atoms with Gasteiger partial charge in [-0.3, -0.25) is 9.59 Å². The molecule has 0 bridgehead atoms. The van der Waals surface area contributed by atoms with Gasteiger partial charge in [0, 0.05) is 19.0 Å². The maximum atomic E-state index is 11.6. The lowest BCUT2D eigenvalue weighted by Crippen LogP contribution is -2.46. The molecule has 5 heteroatoms. The van der Waals surface area contributed by atoms with Crippen molar-refractivity contribution in [1.82, 2.24) is 10.6 Å². The van der Waals surface area contributed by atoms with Gasteiger partial charge in [0.15, 0.2) is 0 Å². The van der Waals surface area contributed by atoms with Crippen molar-refractivity contribution < 1.29 is 9.59 Å². The van der Waals surface area contributed by atoms with E-state index >= 15 is 0 Å². The molecule has 5 nitrogen and oxygen atoms in total. The molecule has 4 N–H and O–H groups in total. The minimum absolute atomic E-state index is 0.0547. The molecule has 0 heterocycles. The highest BCUT2D eigenvalue weighted by molar-refractivity contribution is 5.87. The number of carbonyl (C=O) groups excluding carboxylic acids is 2. The molecule has 0 saturated heterocycles. The van der Waals surface area contributed by atoms with Gasteiger partial charge in [0.25, 0.3) is 0 Å². The fourth-order valence-corrected chi connectivity index (χ4v) is 1.67. The van der Waals surface area contributed by atoms with Crippen LogP contribution in [0.1, 0.15) is 39.5 Å². The second kappa shape index (κ2) is 6.59. The second-order valence-corrected chi connectivity index (χ2v) is 4.79. The zero-order valence-electron chi connectivity index (χ0n) is 10.7. The van der Waals surface area contributed by atoms with Crippen molar-refractivity contribution in [1.29, 1.82) is 0 Å². The quantitative estimate of drug-likeness (QED) is 0.593. The van der Waals surface area contributed by atoms with Gasteiger partial charge in [0.2, 0.25) is 11.8 Å². The van der Waals surface area contributed by atoms with Crippen molar-refractivity contribution in [2.75, 3.05) is 6.54 Å². The number of rotatable bonds is 7. The highest BCUT2D eigenvalue weighted by atomic mass is 16.2. The fourth-order valence-electron chi connectivity index (χ4n) is 1.67. The molecule has 98 valence electrons. The third-order valence-electron chi connectivity index (χ3n) is 2.97. The van der Waals surface area contributed by atoms with E-state index < -0.39 is 6.04 Å². The average molecular weight is 241 g/mol. The van der Waals surface area contributed by atoms with Crippen molar-refractivity contribution in [3.8, 4) is 0 Å². The molecule has 2 atom stereocenters. The van der Waals surface area contributed by atoms with Crippen molar-refractivity contribution in [3.63, 3.8) is 0 Å². The van der Waals surface area contributed by atoms with Crippen LogP contribution in [0.2, 0.25) is 0 Å². The second-order valence-electron chi connectivity index (χ2n) is 4.79. The van der Waals surface area contributed by atoms with Crippen LogP contribution in [-0.4, -0.2) is 30.4 Å². The first-order valence-electron chi connectivity index (χ1n) is 6.37. The minimum Gasteiger partial charge on any atom is -0.354 e. The molecule has 2 amide bonds. The zero-order valence-corrected chi connectivity index (χ0v) is 10.7. The number of nitrogens with one attached hydrogen (secondary N) is 2. The van der Waals surface area contributed by atoms with E-state index in [1.807, 2.05) is 6.92 Å². The summed E-state index contributed by atoms with van der Waals surface area (Å²) in [5.41, 5.74) is 5.85. The smallest absolute Gasteiger partial charge is 0.242 e. The van der Waals surface area contributed by atoms with Crippen LogP contribution in [-0.2, 0) is 9.59 Å². The summed E-state index contributed by atoms with van der Waals surface area (Å²) in [7, 11) is 0. The SMILES string of the molecule is CCCNC(=O)C(C)NC(=O)CC(N)C1CC1. The predicted octanol–water partition coefficient (Wildman–Crippen LogP) is 0.145. The minimum atomic E-state index is -0.486. The molecule has 0 aliphatic heterocycles. The van der Waals surface area contributed by atoms with Gasteiger partial charge in [-0.1, -0.05) is 6.92 Å². The van der Waals surface area contributed by atoms with Crippen molar-refractivity contribution in [2.24, 2.45) is 11.7 Å². The maximum Gasteiger partial charge on any atom is 0.242 e. The van der Waals surface area contributed by atoms with Crippen LogP contribution in [0.5, 0.6) is 0 Å². The van der Waals surface area contributed by atoms with Gasteiger partial charge in [0.1, 0.15) is 6.04 Å². The molecule has 0 radical (unpaired) electrons.